The zero-order chi connectivity index (χ0) is 26.3. The molecule has 1 saturated heterocycles. The number of halogens is 3. The number of nitrogens with one attached hydrogen (secondary N) is 2. The third kappa shape index (κ3) is 5.24. The number of pyridine rings is 1. The number of alkyl halides is 3. The summed E-state index contributed by atoms with van der Waals surface area (Å²) in [6.45, 7) is 10.2. The maximum absolute atomic E-state index is 13.3. The smallest absolute Gasteiger partial charge is 0.367 e. The van der Waals surface area contributed by atoms with E-state index in [1.54, 1.807) is 6.20 Å². The van der Waals surface area contributed by atoms with Crippen molar-refractivity contribution in [3.8, 4) is 11.3 Å². The van der Waals surface area contributed by atoms with Crippen LogP contribution in [-0.2, 0) is 12.6 Å². The van der Waals surface area contributed by atoms with Gasteiger partial charge in [-0.1, -0.05) is 25.2 Å². The number of hydrogen-bond acceptors (Lipinski definition) is 7. The number of hydrogen-bond donors (Lipinski definition) is 2. The van der Waals surface area contributed by atoms with Crippen molar-refractivity contribution in [3.63, 3.8) is 0 Å². The van der Waals surface area contributed by atoms with Gasteiger partial charge in [-0.05, 0) is 38.6 Å². The Morgan fingerprint density at radius 3 is 2.70 bits per heavy atom. The number of benzene rings is 1. The Morgan fingerprint density at radius 1 is 1.16 bits per heavy atom. The van der Waals surface area contributed by atoms with Crippen LogP contribution in [0, 0.1) is 6.92 Å². The van der Waals surface area contributed by atoms with E-state index in [-0.39, 0.29) is 5.69 Å². The molecular formula is C26H28F3N7S. The number of anilines is 4. The number of piperazine rings is 1. The van der Waals surface area contributed by atoms with Crippen LogP contribution in [0.5, 0.6) is 0 Å². The molecule has 3 aromatic rings. The third-order valence-corrected chi connectivity index (χ3v) is 7.19. The van der Waals surface area contributed by atoms with Gasteiger partial charge in [0.1, 0.15) is 0 Å². The quantitative estimate of drug-likeness (QED) is 0.435. The summed E-state index contributed by atoms with van der Waals surface area (Å²) in [7, 11) is 0. The van der Waals surface area contributed by atoms with Gasteiger partial charge in [-0.3, -0.25) is 9.88 Å². The van der Waals surface area contributed by atoms with Crippen LogP contribution in [-0.4, -0.2) is 57.1 Å². The highest BCUT2D eigenvalue weighted by molar-refractivity contribution is 7.80. The molecule has 2 aromatic heterocycles. The van der Waals surface area contributed by atoms with Gasteiger partial charge >= 0.3 is 6.18 Å². The first kappa shape index (κ1) is 25.3. The first-order chi connectivity index (χ1) is 17.6. The maximum atomic E-state index is 13.3. The van der Waals surface area contributed by atoms with Crippen LogP contribution in [0.1, 0.15) is 30.7 Å². The van der Waals surface area contributed by atoms with Crippen molar-refractivity contribution in [3.05, 3.63) is 53.5 Å². The second-order valence-corrected chi connectivity index (χ2v) is 9.92. The second kappa shape index (κ2) is 9.86. The van der Waals surface area contributed by atoms with Crippen molar-refractivity contribution >= 4 is 40.2 Å². The Kier molecular flexibility index (Phi) is 6.76. The summed E-state index contributed by atoms with van der Waals surface area (Å²) in [5, 5.41) is 6.21. The minimum Gasteiger partial charge on any atom is -0.367 e. The molecule has 0 amide bonds. The summed E-state index contributed by atoms with van der Waals surface area (Å²) in [6.07, 6.45) is -0.571. The maximum Gasteiger partial charge on any atom is 0.416 e. The number of fused-ring (bicyclic) bond motifs is 3. The molecule has 2 aliphatic rings. The molecule has 11 heteroatoms. The lowest BCUT2D eigenvalue weighted by atomic mass is 10.0. The first-order valence-electron chi connectivity index (χ1n) is 12.2. The Balaban J connectivity index is 1.46. The predicted molar refractivity (Wildman–Crippen MR) is 144 cm³/mol. The molecule has 0 bridgehead atoms. The lowest BCUT2D eigenvalue weighted by molar-refractivity contribution is -0.137. The molecule has 0 aliphatic carbocycles. The number of nitrogens with zero attached hydrogens (tertiary/aromatic N) is 5. The Bertz CT molecular complexity index is 1340. The highest BCUT2D eigenvalue weighted by Gasteiger charge is 2.32. The van der Waals surface area contributed by atoms with Gasteiger partial charge in [-0.15, -0.1) is 0 Å². The van der Waals surface area contributed by atoms with E-state index >= 15 is 0 Å². The van der Waals surface area contributed by atoms with Gasteiger partial charge in [0.2, 0.25) is 5.95 Å². The van der Waals surface area contributed by atoms with Crippen LogP contribution >= 0.6 is 12.2 Å². The predicted octanol–water partition coefficient (Wildman–Crippen LogP) is 5.44. The van der Waals surface area contributed by atoms with Crippen molar-refractivity contribution in [2.24, 2.45) is 0 Å². The van der Waals surface area contributed by atoms with Crippen LogP contribution < -0.4 is 15.5 Å². The molecule has 0 radical (unpaired) electrons. The number of aromatic nitrogens is 3. The van der Waals surface area contributed by atoms with Crippen LogP contribution in [0.2, 0.25) is 0 Å². The van der Waals surface area contributed by atoms with Gasteiger partial charge < -0.3 is 15.5 Å². The van der Waals surface area contributed by atoms with Crippen LogP contribution in [0.15, 0.2) is 36.7 Å². The average Bonchev–Trinajstić information content (AvgIpc) is 2.99. The van der Waals surface area contributed by atoms with Crippen molar-refractivity contribution in [2.75, 3.05) is 41.7 Å². The minimum atomic E-state index is -4.46. The molecule has 7 nitrogen and oxygen atoms in total. The van der Waals surface area contributed by atoms with Gasteiger partial charge in [-0.25, -0.2) is 9.97 Å². The third-order valence-electron chi connectivity index (χ3n) is 6.95. The molecule has 0 saturated carbocycles. The molecule has 2 N–H and O–H groups in total. The summed E-state index contributed by atoms with van der Waals surface area (Å²) in [4.78, 5) is 19.0. The molecule has 194 valence electrons. The standard InChI is InChI=1S/C26H28F3N7S/c1-4-35-7-8-36(14-15(35)2)19-11-21(16(3)30-13-19)33-25-31-12-17-9-23(37)32-22-10-18(26(27,28)29)5-6-20(22)24(17)34-25/h5-6,10-13,15H,4,7-9,14H2,1-3H3,(H,32,37)(H,31,33,34)/t15-/m0/s1. The van der Waals surface area contributed by atoms with Crippen molar-refractivity contribution in [1.29, 1.82) is 0 Å². The largest absolute Gasteiger partial charge is 0.416 e. The highest BCUT2D eigenvalue weighted by Crippen LogP contribution is 2.38. The van der Waals surface area contributed by atoms with Crippen molar-refractivity contribution < 1.29 is 13.2 Å². The van der Waals surface area contributed by atoms with Gasteiger partial charge in [0.15, 0.2) is 0 Å². The number of likely N-dealkylation sites (N-methyl/N-ethyl adjacent to an activating group) is 1. The van der Waals surface area contributed by atoms with E-state index < -0.39 is 11.7 Å². The van der Waals surface area contributed by atoms with E-state index in [0.29, 0.717) is 34.7 Å². The zero-order valence-electron chi connectivity index (χ0n) is 20.9. The number of aryl methyl sites for hydroxylation is 1. The van der Waals surface area contributed by atoms with E-state index in [9.17, 15) is 13.2 Å². The summed E-state index contributed by atoms with van der Waals surface area (Å²) in [5.74, 6) is 0.337. The van der Waals surface area contributed by atoms with E-state index in [0.717, 1.165) is 60.9 Å². The Labute approximate surface area is 219 Å². The number of rotatable bonds is 4. The normalized spacial score (nSPS) is 18.1. The minimum absolute atomic E-state index is 0.281. The molecule has 0 unspecified atom stereocenters. The first-order valence-corrected chi connectivity index (χ1v) is 12.6. The zero-order valence-corrected chi connectivity index (χ0v) is 21.7. The van der Waals surface area contributed by atoms with E-state index in [1.807, 2.05) is 19.2 Å². The van der Waals surface area contributed by atoms with Crippen molar-refractivity contribution in [2.45, 2.75) is 39.4 Å². The molecular weight excluding hydrogens is 499 g/mol. The fourth-order valence-corrected chi connectivity index (χ4v) is 5.13. The Hall–Kier alpha value is -3.31. The molecule has 1 fully saturated rings. The molecule has 5 rings (SSSR count). The molecule has 2 aliphatic heterocycles. The van der Waals surface area contributed by atoms with Gasteiger partial charge in [0.05, 0.1) is 39.5 Å². The lowest BCUT2D eigenvalue weighted by Crippen LogP contribution is -2.51. The SMILES string of the molecule is CCN1CCN(c2cnc(C)c(Nc3ncc4c(n3)-c3ccc(C(F)(F)F)cc3NC(=S)C4)c2)C[C@@H]1C. The average molecular weight is 528 g/mol. The molecule has 0 spiro atoms. The lowest BCUT2D eigenvalue weighted by Gasteiger charge is -2.40. The van der Waals surface area contributed by atoms with Crippen LogP contribution in [0.25, 0.3) is 11.3 Å². The molecule has 4 heterocycles. The van der Waals surface area contributed by atoms with Crippen LogP contribution in [0.4, 0.5) is 36.2 Å². The van der Waals surface area contributed by atoms with E-state index in [4.69, 9.17) is 17.2 Å². The van der Waals surface area contributed by atoms with Gasteiger partial charge in [0.25, 0.3) is 0 Å². The summed E-state index contributed by atoms with van der Waals surface area (Å²) >= 11 is 5.36. The van der Waals surface area contributed by atoms with Gasteiger partial charge in [-0.2, -0.15) is 13.2 Å². The number of thiocarbonyl (C=S) groups is 1. The van der Waals surface area contributed by atoms with Gasteiger partial charge in [0, 0.05) is 55.1 Å². The van der Waals surface area contributed by atoms with Crippen LogP contribution in [0.3, 0.4) is 0 Å². The highest BCUT2D eigenvalue weighted by atomic mass is 32.1. The molecule has 1 atom stereocenters. The van der Waals surface area contributed by atoms with Crippen molar-refractivity contribution in [1.82, 2.24) is 19.9 Å². The fourth-order valence-electron chi connectivity index (χ4n) is 4.87. The fraction of sp³-hybridized carbons (Fsp3) is 0.385. The molecule has 37 heavy (non-hydrogen) atoms. The topological polar surface area (TPSA) is 69.2 Å². The Morgan fingerprint density at radius 2 is 1.97 bits per heavy atom. The summed E-state index contributed by atoms with van der Waals surface area (Å²) in [5.41, 5.74) is 3.95. The summed E-state index contributed by atoms with van der Waals surface area (Å²) in [6, 6.07) is 6.06. The summed E-state index contributed by atoms with van der Waals surface area (Å²) < 4.78 is 39.9. The van der Waals surface area contributed by atoms with E-state index in [2.05, 4.69) is 44.2 Å². The van der Waals surface area contributed by atoms with E-state index in [1.165, 1.54) is 6.07 Å². The molecule has 1 aromatic carbocycles. The monoisotopic (exact) mass is 527 g/mol. The second-order valence-electron chi connectivity index (χ2n) is 9.43.